The van der Waals surface area contributed by atoms with E-state index in [1.54, 1.807) is 0 Å². The number of anilines is 1. The summed E-state index contributed by atoms with van der Waals surface area (Å²) in [6.45, 7) is 2.88. The van der Waals surface area contributed by atoms with Crippen LogP contribution in [-0.4, -0.2) is 28.2 Å². The fourth-order valence-corrected chi connectivity index (χ4v) is 4.47. The number of nitrogens with zero attached hydrogens (tertiary/aromatic N) is 2. The standard InChI is InChI=1S/C16H23N3O2S/c1-11(20)17-16-18-13-8-9-19(10-14(13)22-16)15(21)7-6-12-4-2-3-5-12/h12H,2-10H2,1H3,(H,17,18,20). The third kappa shape index (κ3) is 3.66. The van der Waals surface area contributed by atoms with Crippen LogP contribution < -0.4 is 5.32 Å². The minimum absolute atomic E-state index is 0.101. The molecule has 1 aliphatic heterocycles. The molecule has 1 fully saturated rings. The van der Waals surface area contributed by atoms with Crippen LogP contribution in [0.5, 0.6) is 0 Å². The summed E-state index contributed by atoms with van der Waals surface area (Å²) in [6, 6.07) is 0. The number of amides is 2. The average molecular weight is 321 g/mol. The van der Waals surface area contributed by atoms with E-state index < -0.39 is 0 Å². The zero-order chi connectivity index (χ0) is 15.5. The van der Waals surface area contributed by atoms with Crippen molar-refractivity contribution in [1.29, 1.82) is 0 Å². The lowest BCUT2D eigenvalue weighted by atomic mass is 10.0. The van der Waals surface area contributed by atoms with Crippen molar-refractivity contribution in [2.45, 2.75) is 58.4 Å². The van der Waals surface area contributed by atoms with Crippen LogP contribution in [0.4, 0.5) is 5.13 Å². The second-order valence-electron chi connectivity index (χ2n) is 6.32. The van der Waals surface area contributed by atoms with Crippen LogP contribution in [0.3, 0.4) is 0 Å². The summed E-state index contributed by atoms with van der Waals surface area (Å²) >= 11 is 1.49. The van der Waals surface area contributed by atoms with E-state index >= 15 is 0 Å². The molecule has 0 bridgehead atoms. The first kappa shape index (κ1) is 15.5. The molecule has 6 heteroatoms. The molecule has 120 valence electrons. The van der Waals surface area contributed by atoms with Crippen molar-refractivity contribution < 1.29 is 9.59 Å². The molecular formula is C16H23N3O2S. The fourth-order valence-electron chi connectivity index (χ4n) is 3.40. The highest BCUT2D eigenvalue weighted by Gasteiger charge is 2.25. The summed E-state index contributed by atoms with van der Waals surface area (Å²) in [6.07, 6.45) is 7.77. The van der Waals surface area contributed by atoms with Crippen LogP contribution in [0.25, 0.3) is 0 Å². The van der Waals surface area contributed by atoms with Crippen LogP contribution in [0.2, 0.25) is 0 Å². The van der Waals surface area contributed by atoms with Crippen LogP contribution in [-0.2, 0) is 22.6 Å². The quantitative estimate of drug-likeness (QED) is 0.927. The van der Waals surface area contributed by atoms with Gasteiger partial charge < -0.3 is 10.2 Å². The van der Waals surface area contributed by atoms with Gasteiger partial charge in [0.05, 0.1) is 12.2 Å². The maximum absolute atomic E-state index is 12.4. The Kier molecular flexibility index (Phi) is 4.76. The molecule has 1 aromatic rings. The average Bonchev–Trinajstić information content (AvgIpc) is 3.11. The summed E-state index contributed by atoms with van der Waals surface area (Å²) in [5.74, 6) is 0.932. The van der Waals surface area contributed by atoms with Crippen molar-refractivity contribution in [2.75, 3.05) is 11.9 Å². The molecule has 1 saturated carbocycles. The predicted octanol–water partition coefficient (Wildman–Crippen LogP) is 2.96. The summed E-state index contributed by atoms with van der Waals surface area (Å²) in [7, 11) is 0. The van der Waals surface area contributed by atoms with Gasteiger partial charge >= 0.3 is 0 Å². The maximum atomic E-state index is 12.4. The number of rotatable bonds is 4. The smallest absolute Gasteiger partial charge is 0.223 e. The van der Waals surface area contributed by atoms with Crippen LogP contribution in [0, 0.1) is 5.92 Å². The monoisotopic (exact) mass is 321 g/mol. The number of nitrogens with one attached hydrogen (secondary N) is 1. The van der Waals surface area contributed by atoms with Gasteiger partial charge in [-0.3, -0.25) is 9.59 Å². The van der Waals surface area contributed by atoms with Gasteiger partial charge in [0, 0.05) is 31.2 Å². The van der Waals surface area contributed by atoms with E-state index in [0.717, 1.165) is 35.9 Å². The van der Waals surface area contributed by atoms with E-state index in [4.69, 9.17) is 0 Å². The first-order valence-electron chi connectivity index (χ1n) is 8.16. The number of fused-ring (bicyclic) bond motifs is 1. The van der Waals surface area contributed by atoms with Crippen molar-refractivity contribution in [1.82, 2.24) is 9.88 Å². The largest absolute Gasteiger partial charge is 0.337 e. The van der Waals surface area contributed by atoms with Gasteiger partial charge in [0.1, 0.15) is 0 Å². The van der Waals surface area contributed by atoms with Gasteiger partial charge in [-0.15, -0.1) is 0 Å². The third-order valence-corrected chi connectivity index (χ3v) is 5.61. The Morgan fingerprint density at radius 3 is 2.86 bits per heavy atom. The number of carbonyl (C=O) groups excluding carboxylic acids is 2. The Hall–Kier alpha value is -1.43. The van der Waals surface area contributed by atoms with E-state index in [0.29, 0.717) is 18.1 Å². The van der Waals surface area contributed by atoms with Crippen LogP contribution in [0.1, 0.15) is 56.0 Å². The van der Waals surface area contributed by atoms with E-state index in [2.05, 4.69) is 10.3 Å². The Morgan fingerprint density at radius 2 is 2.14 bits per heavy atom. The molecule has 0 aromatic carbocycles. The second kappa shape index (κ2) is 6.77. The number of hydrogen-bond donors (Lipinski definition) is 1. The summed E-state index contributed by atoms with van der Waals surface area (Å²) in [5.41, 5.74) is 1.04. The first-order chi connectivity index (χ1) is 10.6. The molecule has 2 amide bonds. The second-order valence-corrected chi connectivity index (χ2v) is 7.41. The summed E-state index contributed by atoms with van der Waals surface area (Å²) < 4.78 is 0. The minimum atomic E-state index is -0.101. The zero-order valence-electron chi connectivity index (χ0n) is 13.1. The van der Waals surface area contributed by atoms with Gasteiger partial charge in [-0.2, -0.15) is 0 Å². The molecule has 1 N–H and O–H groups in total. The van der Waals surface area contributed by atoms with Crippen LogP contribution in [0.15, 0.2) is 0 Å². The molecule has 5 nitrogen and oxygen atoms in total. The lowest BCUT2D eigenvalue weighted by molar-refractivity contribution is -0.132. The van der Waals surface area contributed by atoms with E-state index in [9.17, 15) is 9.59 Å². The molecule has 0 unspecified atom stereocenters. The lowest BCUT2D eigenvalue weighted by Crippen LogP contribution is -2.35. The van der Waals surface area contributed by atoms with Gasteiger partial charge in [0.25, 0.3) is 0 Å². The first-order valence-corrected chi connectivity index (χ1v) is 8.97. The number of aromatic nitrogens is 1. The SMILES string of the molecule is CC(=O)Nc1nc2c(s1)CN(C(=O)CCC1CCCC1)CC2. The highest BCUT2D eigenvalue weighted by Crippen LogP contribution is 2.31. The highest BCUT2D eigenvalue weighted by molar-refractivity contribution is 7.15. The fraction of sp³-hybridized carbons (Fsp3) is 0.688. The van der Waals surface area contributed by atoms with Crippen molar-refractivity contribution in [2.24, 2.45) is 5.92 Å². The normalized spacial score (nSPS) is 18.3. The van der Waals surface area contributed by atoms with E-state index in [1.807, 2.05) is 4.90 Å². The van der Waals surface area contributed by atoms with Gasteiger partial charge in [-0.25, -0.2) is 4.98 Å². The van der Waals surface area contributed by atoms with Crippen LogP contribution >= 0.6 is 11.3 Å². The molecule has 1 aromatic heterocycles. The number of carbonyl (C=O) groups is 2. The number of hydrogen-bond acceptors (Lipinski definition) is 4. The van der Waals surface area contributed by atoms with Gasteiger partial charge in [0.15, 0.2) is 5.13 Å². The molecule has 0 saturated heterocycles. The van der Waals surface area contributed by atoms with E-state index in [1.165, 1.54) is 43.9 Å². The van der Waals surface area contributed by atoms with Gasteiger partial charge in [-0.05, 0) is 12.3 Å². The predicted molar refractivity (Wildman–Crippen MR) is 86.7 cm³/mol. The maximum Gasteiger partial charge on any atom is 0.223 e. The molecule has 1 aliphatic carbocycles. The van der Waals surface area contributed by atoms with Crippen molar-refractivity contribution in [3.05, 3.63) is 10.6 Å². The molecule has 0 atom stereocenters. The Morgan fingerprint density at radius 1 is 1.36 bits per heavy atom. The zero-order valence-corrected chi connectivity index (χ0v) is 13.9. The molecule has 0 spiro atoms. The molecule has 0 radical (unpaired) electrons. The Balaban J connectivity index is 1.55. The van der Waals surface area contributed by atoms with Gasteiger partial charge in [-0.1, -0.05) is 37.0 Å². The van der Waals surface area contributed by atoms with Crippen molar-refractivity contribution in [3.63, 3.8) is 0 Å². The Labute approximate surface area is 135 Å². The highest BCUT2D eigenvalue weighted by atomic mass is 32.1. The molecule has 3 rings (SSSR count). The Bertz CT molecular complexity index is 564. The molecule has 2 aliphatic rings. The summed E-state index contributed by atoms with van der Waals surface area (Å²) in [4.78, 5) is 31.0. The van der Waals surface area contributed by atoms with Crippen molar-refractivity contribution in [3.8, 4) is 0 Å². The molecule has 2 heterocycles. The topological polar surface area (TPSA) is 62.3 Å². The van der Waals surface area contributed by atoms with Gasteiger partial charge in [0.2, 0.25) is 11.8 Å². The van der Waals surface area contributed by atoms with Crippen molar-refractivity contribution >= 4 is 28.3 Å². The number of thiazole rings is 1. The molecule has 22 heavy (non-hydrogen) atoms. The molecular weight excluding hydrogens is 298 g/mol. The van der Waals surface area contributed by atoms with E-state index in [-0.39, 0.29) is 11.8 Å². The lowest BCUT2D eigenvalue weighted by Gasteiger charge is -2.26. The summed E-state index contributed by atoms with van der Waals surface area (Å²) in [5, 5.41) is 3.38. The minimum Gasteiger partial charge on any atom is -0.337 e. The third-order valence-electron chi connectivity index (χ3n) is 4.61.